The Bertz CT molecular complexity index is 702. The van der Waals surface area contributed by atoms with Crippen LogP contribution in [0.4, 0.5) is 0 Å². The van der Waals surface area contributed by atoms with Gasteiger partial charge in [-0.15, -0.1) is 0 Å². The maximum Gasteiger partial charge on any atom is 0.255 e. The number of aliphatic carboxylic acids is 1. The molecule has 0 saturated heterocycles. The van der Waals surface area contributed by atoms with E-state index in [0.717, 1.165) is 12.8 Å². The standard InChI is InChI=1S/C18H19NO5/c1-2-3-10-23-14-8-6-13(7-9-14)17(20)19-16(18(21)22)12-15-5-4-11-24-15/h4-9,11-12H,2-3,10H2,1H3,(H,19,20)(H,21,22)/p-1/b16-12-. The van der Waals surface area contributed by atoms with Gasteiger partial charge in [-0.1, -0.05) is 13.3 Å². The summed E-state index contributed by atoms with van der Waals surface area (Å²) in [5, 5.41) is 13.4. The number of amides is 1. The van der Waals surface area contributed by atoms with Gasteiger partial charge >= 0.3 is 0 Å². The number of carbonyl (C=O) groups is 2. The summed E-state index contributed by atoms with van der Waals surface area (Å²) < 4.78 is 10.5. The summed E-state index contributed by atoms with van der Waals surface area (Å²) in [5.74, 6) is -1.10. The summed E-state index contributed by atoms with van der Waals surface area (Å²) in [7, 11) is 0. The quantitative estimate of drug-likeness (QED) is 0.591. The third-order valence-electron chi connectivity index (χ3n) is 3.18. The lowest BCUT2D eigenvalue weighted by atomic mass is 10.2. The minimum atomic E-state index is -1.50. The molecule has 0 aliphatic carbocycles. The SMILES string of the molecule is CCCCOc1ccc(C(=O)N/C(=C\c2ccco2)C(=O)[O-])cc1. The van der Waals surface area contributed by atoms with Crippen LogP contribution in [0, 0.1) is 0 Å². The van der Waals surface area contributed by atoms with E-state index in [1.165, 1.54) is 12.3 Å². The highest BCUT2D eigenvalue weighted by atomic mass is 16.5. The fourth-order valence-electron chi connectivity index (χ4n) is 1.89. The van der Waals surface area contributed by atoms with Crippen molar-refractivity contribution in [2.75, 3.05) is 6.61 Å². The third kappa shape index (κ3) is 5.01. The van der Waals surface area contributed by atoms with Crippen molar-refractivity contribution in [1.29, 1.82) is 0 Å². The molecule has 1 aromatic carbocycles. The van der Waals surface area contributed by atoms with Crippen LogP contribution in [0.2, 0.25) is 0 Å². The van der Waals surface area contributed by atoms with E-state index in [2.05, 4.69) is 12.2 Å². The van der Waals surface area contributed by atoms with E-state index in [9.17, 15) is 14.7 Å². The molecule has 0 fully saturated rings. The van der Waals surface area contributed by atoms with E-state index >= 15 is 0 Å². The summed E-state index contributed by atoms with van der Waals surface area (Å²) in [5.41, 5.74) is -0.0670. The van der Waals surface area contributed by atoms with Gasteiger partial charge in [0.25, 0.3) is 5.91 Å². The van der Waals surface area contributed by atoms with E-state index in [-0.39, 0.29) is 5.70 Å². The van der Waals surface area contributed by atoms with Crippen molar-refractivity contribution < 1.29 is 23.8 Å². The maximum atomic E-state index is 12.1. The molecule has 6 heteroatoms. The molecule has 1 aromatic heterocycles. The number of ether oxygens (including phenoxy) is 1. The van der Waals surface area contributed by atoms with E-state index < -0.39 is 11.9 Å². The van der Waals surface area contributed by atoms with Crippen molar-refractivity contribution in [1.82, 2.24) is 5.32 Å². The zero-order chi connectivity index (χ0) is 17.4. The lowest BCUT2D eigenvalue weighted by Crippen LogP contribution is -2.35. The van der Waals surface area contributed by atoms with Gasteiger partial charge in [0.1, 0.15) is 11.5 Å². The smallest absolute Gasteiger partial charge is 0.255 e. The van der Waals surface area contributed by atoms with E-state index in [4.69, 9.17) is 9.15 Å². The highest BCUT2D eigenvalue weighted by molar-refractivity contribution is 6.02. The number of rotatable bonds is 8. The minimum Gasteiger partial charge on any atom is -0.543 e. The molecular weight excluding hydrogens is 310 g/mol. The summed E-state index contributed by atoms with van der Waals surface area (Å²) >= 11 is 0. The van der Waals surface area contributed by atoms with Gasteiger partial charge in [-0.2, -0.15) is 0 Å². The highest BCUT2D eigenvalue weighted by Crippen LogP contribution is 2.13. The molecular formula is C18H18NO5-. The van der Waals surface area contributed by atoms with E-state index in [0.29, 0.717) is 23.7 Å². The van der Waals surface area contributed by atoms with Gasteiger partial charge in [0.15, 0.2) is 0 Å². The Morgan fingerprint density at radius 3 is 2.58 bits per heavy atom. The molecule has 6 nitrogen and oxygen atoms in total. The maximum absolute atomic E-state index is 12.1. The number of nitrogens with one attached hydrogen (secondary N) is 1. The molecule has 0 unspecified atom stereocenters. The number of hydrogen-bond acceptors (Lipinski definition) is 5. The molecule has 24 heavy (non-hydrogen) atoms. The van der Waals surface area contributed by atoms with Crippen molar-refractivity contribution in [2.45, 2.75) is 19.8 Å². The van der Waals surface area contributed by atoms with Crippen LogP contribution >= 0.6 is 0 Å². The molecule has 1 amide bonds. The first-order chi connectivity index (χ1) is 11.6. The first kappa shape index (κ1) is 17.3. The first-order valence-corrected chi connectivity index (χ1v) is 7.61. The van der Waals surface area contributed by atoms with Crippen molar-refractivity contribution >= 4 is 18.0 Å². The zero-order valence-corrected chi connectivity index (χ0v) is 13.3. The molecule has 126 valence electrons. The van der Waals surface area contributed by atoms with Crippen LogP contribution in [0.1, 0.15) is 35.9 Å². The summed E-state index contributed by atoms with van der Waals surface area (Å²) in [4.78, 5) is 23.3. The zero-order valence-electron chi connectivity index (χ0n) is 13.3. The van der Waals surface area contributed by atoms with Gasteiger partial charge in [0.05, 0.1) is 24.5 Å². The lowest BCUT2D eigenvalue weighted by Gasteiger charge is -2.11. The predicted octanol–water partition coefficient (Wildman–Crippen LogP) is 1.98. The monoisotopic (exact) mass is 328 g/mol. The van der Waals surface area contributed by atoms with Crippen LogP contribution in [-0.4, -0.2) is 18.5 Å². The molecule has 2 aromatic rings. The molecule has 0 aliphatic rings. The fraction of sp³-hybridized carbons (Fsp3) is 0.222. The van der Waals surface area contributed by atoms with Crippen LogP contribution in [0.15, 0.2) is 52.8 Å². The van der Waals surface area contributed by atoms with Gasteiger partial charge in [-0.3, -0.25) is 4.79 Å². The van der Waals surface area contributed by atoms with Gasteiger partial charge in [0.2, 0.25) is 0 Å². The van der Waals surface area contributed by atoms with Crippen LogP contribution in [0.5, 0.6) is 5.75 Å². The molecule has 2 rings (SSSR count). The molecule has 0 spiro atoms. The number of hydrogen-bond donors (Lipinski definition) is 1. The largest absolute Gasteiger partial charge is 0.543 e. The molecule has 1 N–H and O–H groups in total. The Morgan fingerprint density at radius 1 is 1.25 bits per heavy atom. The summed E-state index contributed by atoms with van der Waals surface area (Å²) in [6, 6.07) is 9.64. The molecule has 0 radical (unpaired) electrons. The Labute approximate surface area is 139 Å². The van der Waals surface area contributed by atoms with Crippen LogP contribution in [0.25, 0.3) is 6.08 Å². The van der Waals surface area contributed by atoms with Crippen molar-refractivity contribution in [3.8, 4) is 5.75 Å². The van der Waals surface area contributed by atoms with Gasteiger partial charge < -0.3 is 24.4 Å². The van der Waals surface area contributed by atoms with Gasteiger partial charge in [-0.05, 0) is 42.8 Å². The molecule has 0 bridgehead atoms. The van der Waals surface area contributed by atoms with Crippen LogP contribution < -0.4 is 15.2 Å². The Kier molecular flexibility index (Phi) is 6.19. The van der Waals surface area contributed by atoms with Crippen LogP contribution in [-0.2, 0) is 4.79 Å². The number of carboxylic acid groups (broad SMARTS) is 1. The molecule has 0 aliphatic heterocycles. The number of carbonyl (C=O) groups excluding carboxylic acids is 2. The number of furan rings is 1. The third-order valence-corrected chi connectivity index (χ3v) is 3.18. The second-order valence-corrected chi connectivity index (χ2v) is 5.04. The Morgan fingerprint density at radius 2 is 2.00 bits per heavy atom. The molecule has 1 heterocycles. The fourth-order valence-corrected chi connectivity index (χ4v) is 1.89. The van der Waals surface area contributed by atoms with E-state index in [1.807, 2.05) is 0 Å². The molecule has 0 saturated carbocycles. The second-order valence-electron chi connectivity index (χ2n) is 5.04. The number of benzene rings is 1. The first-order valence-electron chi connectivity index (χ1n) is 7.61. The predicted molar refractivity (Wildman–Crippen MR) is 86.0 cm³/mol. The highest BCUT2D eigenvalue weighted by Gasteiger charge is 2.09. The summed E-state index contributed by atoms with van der Waals surface area (Å²) in [6.45, 7) is 2.69. The topological polar surface area (TPSA) is 91.6 Å². The minimum absolute atomic E-state index is 0.300. The summed E-state index contributed by atoms with van der Waals surface area (Å²) in [6.07, 6.45) is 4.58. The van der Waals surface area contributed by atoms with Gasteiger partial charge in [-0.25, -0.2) is 0 Å². The molecule has 0 atom stereocenters. The number of unbranched alkanes of at least 4 members (excludes halogenated alkanes) is 1. The van der Waals surface area contributed by atoms with Crippen molar-refractivity contribution in [3.05, 3.63) is 59.7 Å². The second kappa shape index (κ2) is 8.57. The van der Waals surface area contributed by atoms with Crippen molar-refractivity contribution in [2.24, 2.45) is 0 Å². The lowest BCUT2D eigenvalue weighted by molar-refractivity contribution is -0.299. The Balaban J connectivity index is 2.03. The number of carboxylic acids is 1. The average molecular weight is 328 g/mol. The van der Waals surface area contributed by atoms with Crippen molar-refractivity contribution in [3.63, 3.8) is 0 Å². The Hall–Kier alpha value is -3.02. The van der Waals surface area contributed by atoms with Crippen LogP contribution in [0.3, 0.4) is 0 Å². The van der Waals surface area contributed by atoms with Gasteiger partial charge in [0, 0.05) is 11.6 Å². The average Bonchev–Trinajstić information content (AvgIpc) is 3.08. The van der Waals surface area contributed by atoms with E-state index in [1.54, 1.807) is 36.4 Å². The normalized spacial score (nSPS) is 11.1.